The van der Waals surface area contributed by atoms with Crippen LogP contribution in [0.15, 0.2) is 400 Å². The van der Waals surface area contributed by atoms with Gasteiger partial charge in [0.1, 0.15) is 28.2 Å². The summed E-state index contributed by atoms with van der Waals surface area (Å²) in [7, 11) is -0.415. The monoisotopic (exact) mass is 1640 g/mol. The molecule has 16 aromatic carbocycles. The maximum absolute atomic E-state index is 6.61. The van der Waals surface area contributed by atoms with Gasteiger partial charge in [0.2, 0.25) is 0 Å². The predicted molar refractivity (Wildman–Crippen MR) is 510 cm³/mol. The van der Waals surface area contributed by atoms with Gasteiger partial charge in [-0.15, -0.1) is 0 Å². The van der Waals surface area contributed by atoms with Gasteiger partial charge in [0.15, 0.2) is 11.6 Å². The average molecular weight is 1640 g/mol. The van der Waals surface area contributed by atoms with Crippen molar-refractivity contribution in [3.05, 3.63) is 450 Å². The summed E-state index contributed by atoms with van der Waals surface area (Å²) in [5, 5.41) is 7.32. The Morgan fingerprint density at radius 1 is 0.238 bits per heavy atom. The summed E-state index contributed by atoms with van der Waals surface area (Å²) >= 11 is 6.10. The number of halogens is 1. The number of hydrogen-bond donors (Lipinski definition) is 0. The minimum absolute atomic E-state index is 0.397. The van der Waals surface area contributed by atoms with Crippen molar-refractivity contribution in [2.45, 2.75) is 49.7 Å². The van der Waals surface area contributed by atoms with Gasteiger partial charge in [-0.1, -0.05) is 339 Å². The van der Waals surface area contributed by atoms with Crippen molar-refractivity contribution in [3.8, 4) is 124 Å². The summed E-state index contributed by atoms with van der Waals surface area (Å²) in [5.41, 5.74) is 27.3. The molecule has 0 saturated carbocycles. The molecule has 10 nitrogen and oxygen atoms in total. The Morgan fingerprint density at radius 3 is 0.968 bits per heavy atom. The lowest BCUT2D eigenvalue weighted by Gasteiger charge is -2.39. The van der Waals surface area contributed by atoms with Crippen LogP contribution in [-0.2, 0) is 20.1 Å². The molecule has 20 aromatic rings. The van der Waals surface area contributed by atoms with Crippen LogP contribution in [0.1, 0.15) is 72.2 Å². The van der Waals surface area contributed by atoms with Gasteiger partial charge in [-0.3, -0.25) is 0 Å². The van der Waals surface area contributed by atoms with Crippen molar-refractivity contribution in [1.29, 1.82) is 0 Å². The first-order valence-corrected chi connectivity index (χ1v) is 43.1. The molecule has 0 radical (unpaired) electrons. The molecule has 0 bridgehead atoms. The van der Waals surface area contributed by atoms with Crippen molar-refractivity contribution in [2.75, 3.05) is 0 Å². The van der Waals surface area contributed by atoms with Crippen LogP contribution in [-0.4, -0.2) is 48.2 Å². The Morgan fingerprint density at radius 2 is 0.556 bits per heavy atom. The molecule has 0 unspecified atom stereocenters. The molecule has 7 heterocycles. The van der Waals surface area contributed by atoms with Gasteiger partial charge in [0.25, 0.3) is 0 Å². The second-order valence-corrected chi connectivity index (χ2v) is 34.1. The third-order valence-corrected chi connectivity index (χ3v) is 26.3. The van der Waals surface area contributed by atoms with Crippen LogP contribution < -0.4 is 14.9 Å². The summed E-state index contributed by atoms with van der Waals surface area (Å²) in [6.07, 6.45) is 0. The number of fused-ring (bicyclic) bond motifs is 24. The molecule has 0 N–H and O–H groups in total. The number of benzene rings is 16. The van der Waals surface area contributed by atoms with Crippen LogP contribution >= 0.6 is 11.6 Å². The maximum atomic E-state index is 6.61. The minimum Gasteiger partial charge on any atom is -0.457 e. The van der Waals surface area contributed by atoms with Gasteiger partial charge in [-0.2, -0.15) is 0 Å². The quantitative estimate of drug-likeness (QED) is 0.0828. The Kier molecular flexibility index (Phi) is 18.1. The molecule has 2 spiro atoms. The van der Waals surface area contributed by atoms with Crippen LogP contribution in [0.3, 0.4) is 0 Å². The van der Waals surface area contributed by atoms with E-state index in [0.29, 0.717) is 16.8 Å². The summed E-state index contributed by atoms with van der Waals surface area (Å²) in [6, 6.07) is 140. The predicted octanol–water partition coefficient (Wildman–Crippen LogP) is 27.6. The first-order chi connectivity index (χ1) is 61.8. The first kappa shape index (κ1) is 75.8. The van der Waals surface area contributed by atoms with Gasteiger partial charge < -0.3 is 18.8 Å². The van der Waals surface area contributed by atoms with Crippen LogP contribution in [0, 0.1) is 0 Å². The fourth-order valence-corrected chi connectivity index (χ4v) is 19.8. The molecule has 1 fully saturated rings. The number of hydrogen-bond acceptors (Lipinski definition) is 10. The Labute approximate surface area is 735 Å². The molecule has 4 aromatic heterocycles. The molecule has 2 aliphatic carbocycles. The van der Waals surface area contributed by atoms with Crippen molar-refractivity contribution < 1.29 is 18.8 Å². The molecule has 0 amide bonds. The highest BCUT2D eigenvalue weighted by atomic mass is 35.5. The van der Waals surface area contributed by atoms with Crippen LogP contribution in [0.5, 0.6) is 23.0 Å². The van der Waals surface area contributed by atoms with E-state index in [0.717, 1.165) is 151 Å². The Bertz CT molecular complexity index is 7530. The number of aromatic nitrogens is 6. The number of ether oxygens (including phenoxy) is 2. The normalized spacial score (nSPS) is 14.4. The summed E-state index contributed by atoms with van der Waals surface area (Å²) < 4.78 is 25.9. The fourth-order valence-electron chi connectivity index (χ4n) is 19.6. The zero-order valence-corrected chi connectivity index (χ0v) is 70.1. The summed E-state index contributed by atoms with van der Waals surface area (Å²) in [5.74, 6) is 4.91. The maximum Gasteiger partial charge on any atom is 0.494 e. The van der Waals surface area contributed by atoms with Crippen LogP contribution in [0.4, 0.5) is 0 Å². The highest BCUT2D eigenvalue weighted by Crippen LogP contribution is 2.65. The smallest absolute Gasteiger partial charge is 0.457 e. The largest absolute Gasteiger partial charge is 0.494 e. The van der Waals surface area contributed by atoms with Crippen molar-refractivity contribution in [3.63, 3.8) is 0 Å². The van der Waals surface area contributed by atoms with E-state index in [1.807, 2.05) is 97.1 Å². The lowest BCUT2D eigenvalue weighted by molar-refractivity contribution is 0.00578. The Balaban J connectivity index is 0.000000121. The van der Waals surface area contributed by atoms with E-state index in [4.69, 9.17) is 50.3 Å². The van der Waals surface area contributed by atoms with Crippen molar-refractivity contribution in [2.24, 2.45) is 0 Å². The van der Waals surface area contributed by atoms with Gasteiger partial charge in [0.05, 0.1) is 61.5 Å². The van der Waals surface area contributed by atoms with Crippen LogP contribution in [0.2, 0.25) is 5.15 Å². The fraction of sp³-hybridized carbons (Fsp3) is 0.0702. The molecule has 5 aliphatic rings. The minimum atomic E-state index is -0.549. The standard InChI is InChI=1S/C54H33N3O.C44H34BNO3.C16H11ClN2/c1-3-15-34(16-4-1)48-33-49(57-53(56-48)37-17-5-2-6-18-37)35-27-29-36(30-28-35)52-42-31-41-38-19-7-9-21-43(38)54(46(41)32-40(42)39-20-8-12-24-47(39)55-52)44-22-10-13-25-50(44)58-51-26-14-11-23-45(51)54;1-42(2)43(3,4)49-45(48-42)28-23-21-27(22-24-28)41-33-25-32-29-13-5-7-15-34(29)44(37(32)26-31(33)30-14-6-10-18-38(30)46-41)35-16-8-11-19-39(35)47-40-20-12-9-17-36(40)44;17-15-11-14(12-7-3-1-4-8-12)18-16(19-15)13-9-5-2-6-10-13/h1-33H;5-26H,1-4H3;1-11H. The lowest BCUT2D eigenvalue weighted by atomic mass is 9.66. The molecule has 126 heavy (non-hydrogen) atoms. The SMILES string of the molecule is CC1(C)OB(c2ccc(-c3nc4ccccc4c4cc5c(cc34)-c3ccccc3C53c4ccccc4Oc4ccccc43)cc2)OC1(C)C.Clc1cc(-c2ccccc2)nc(-c2ccccc2)n1.c1ccc(-c2cc(-c3ccc(-c4nc5ccccc5c5cc6c(cc45)-c4ccccc4C64c5ccccc5Oc5ccccc54)cc3)nc(-c3ccccc3)n2)cc1. The van der Waals surface area contributed by atoms with Crippen molar-refractivity contribution >= 4 is 67.5 Å². The van der Waals surface area contributed by atoms with E-state index in [2.05, 4.69) is 335 Å². The Hall–Kier alpha value is -15.1. The van der Waals surface area contributed by atoms with Gasteiger partial charge in [-0.25, -0.2) is 29.9 Å². The van der Waals surface area contributed by atoms with Crippen LogP contribution in [0.25, 0.3) is 145 Å². The molecule has 3 aliphatic heterocycles. The van der Waals surface area contributed by atoms with Gasteiger partial charge >= 0.3 is 7.12 Å². The molecule has 1 saturated heterocycles. The first-order valence-electron chi connectivity index (χ1n) is 42.7. The molecule has 0 atom stereocenters. The molecule has 25 rings (SSSR count). The van der Waals surface area contributed by atoms with E-state index in [1.165, 1.54) is 55.3 Å². The van der Waals surface area contributed by atoms with E-state index < -0.39 is 29.2 Å². The topological polar surface area (TPSA) is 114 Å². The lowest BCUT2D eigenvalue weighted by Crippen LogP contribution is -2.41. The second-order valence-electron chi connectivity index (χ2n) is 33.7. The number of para-hydroxylation sites is 6. The van der Waals surface area contributed by atoms with Gasteiger partial charge in [0, 0.05) is 88.8 Å². The molecule has 598 valence electrons. The van der Waals surface area contributed by atoms with E-state index in [9.17, 15) is 0 Å². The number of nitrogens with zero attached hydrogens (tertiary/aromatic N) is 6. The zero-order chi connectivity index (χ0) is 84.4. The zero-order valence-electron chi connectivity index (χ0n) is 69.4. The highest BCUT2D eigenvalue weighted by Gasteiger charge is 2.54. The second kappa shape index (κ2) is 30.2. The van der Waals surface area contributed by atoms with E-state index >= 15 is 0 Å². The number of rotatable bonds is 8. The third-order valence-electron chi connectivity index (χ3n) is 26.1. The molecular weight excluding hydrogens is 1560 g/mol. The summed E-state index contributed by atoms with van der Waals surface area (Å²) in [4.78, 5) is 29.7. The molecular formula is C114H78BClN6O4. The average Bonchev–Trinajstić information content (AvgIpc) is 1.51. The third kappa shape index (κ3) is 12.4. The van der Waals surface area contributed by atoms with Gasteiger partial charge in [-0.05, 0) is 155 Å². The molecule has 12 heteroatoms. The number of pyridine rings is 2. The van der Waals surface area contributed by atoms with E-state index in [1.54, 1.807) is 6.07 Å². The van der Waals surface area contributed by atoms with Crippen molar-refractivity contribution in [1.82, 2.24) is 29.9 Å². The highest BCUT2D eigenvalue weighted by molar-refractivity contribution is 6.62. The summed E-state index contributed by atoms with van der Waals surface area (Å²) in [6.45, 7) is 8.35. The van der Waals surface area contributed by atoms with E-state index in [-0.39, 0.29) is 0 Å².